The summed E-state index contributed by atoms with van der Waals surface area (Å²) in [5.74, 6) is 0.625. The van der Waals surface area contributed by atoms with Crippen LogP contribution in [0, 0.1) is 5.92 Å². The first kappa shape index (κ1) is 9.70. The van der Waals surface area contributed by atoms with Crippen LogP contribution in [0.1, 0.15) is 27.2 Å². The van der Waals surface area contributed by atoms with Crippen molar-refractivity contribution < 1.29 is 0 Å². The second-order valence-corrected chi connectivity index (χ2v) is 2.65. The van der Waals surface area contributed by atoms with Crippen molar-refractivity contribution in [2.45, 2.75) is 33.2 Å². The van der Waals surface area contributed by atoms with Crippen LogP contribution in [0.4, 0.5) is 0 Å². The summed E-state index contributed by atoms with van der Waals surface area (Å²) in [4.78, 5) is 0. The van der Waals surface area contributed by atoms with Gasteiger partial charge in [0, 0.05) is 6.04 Å². The second kappa shape index (κ2) is 5.48. The van der Waals surface area contributed by atoms with E-state index >= 15 is 0 Å². The fraction of sp³-hybridized carbons (Fsp3) is 0.778. The molecule has 1 N–H and O–H groups in total. The van der Waals surface area contributed by atoms with Gasteiger partial charge in [0.05, 0.1) is 0 Å². The van der Waals surface area contributed by atoms with Crippen molar-refractivity contribution in [3.05, 3.63) is 12.7 Å². The van der Waals surface area contributed by atoms with E-state index in [1.54, 1.807) is 0 Å². The quantitative estimate of drug-likeness (QED) is 0.579. The van der Waals surface area contributed by atoms with Crippen molar-refractivity contribution in [1.29, 1.82) is 0 Å². The summed E-state index contributed by atoms with van der Waals surface area (Å²) in [5.41, 5.74) is 0. The van der Waals surface area contributed by atoms with Crippen LogP contribution >= 0.6 is 0 Å². The average molecular weight is 141 g/mol. The minimum absolute atomic E-state index is 0.576. The lowest BCUT2D eigenvalue weighted by Gasteiger charge is -2.19. The van der Waals surface area contributed by atoms with Gasteiger partial charge >= 0.3 is 0 Å². The monoisotopic (exact) mass is 141 g/mol. The molecule has 0 aliphatic rings. The largest absolute Gasteiger partial charge is 0.314 e. The van der Waals surface area contributed by atoms with Gasteiger partial charge in [0.2, 0.25) is 0 Å². The Kier molecular flexibility index (Phi) is 5.32. The zero-order valence-corrected chi connectivity index (χ0v) is 7.35. The van der Waals surface area contributed by atoms with Crippen molar-refractivity contribution in [2.75, 3.05) is 6.54 Å². The van der Waals surface area contributed by atoms with E-state index in [0.29, 0.717) is 12.0 Å². The number of hydrogen-bond donors (Lipinski definition) is 1. The van der Waals surface area contributed by atoms with E-state index in [-0.39, 0.29) is 0 Å². The van der Waals surface area contributed by atoms with Crippen LogP contribution in [0.3, 0.4) is 0 Å². The maximum Gasteiger partial charge on any atom is 0.0101 e. The van der Waals surface area contributed by atoms with E-state index in [1.807, 2.05) is 6.08 Å². The standard InChI is InChI=1S/C9H19N/c1-5-9(6-2)8(4)10-7-3/h5,8-10H,1,6-7H2,2-4H3. The lowest BCUT2D eigenvalue weighted by molar-refractivity contribution is 0.435. The smallest absolute Gasteiger partial charge is 0.0101 e. The number of hydrogen-bond acceptors (Lipinski definition) is 1. The summed E-state index contributed by atoms with van der Waals surface area (Å²) in [5, 5.41) is 3.38. The van der Waals surface area contributed by atoms with Gasteiger partial charge in [-0.2, -0.15) is 0 Å². The molecule has 0 aliphatic heterocycles. The minimum Gasteiger partial charge on any atom is -0.314 e. The topological polar surface area (TPSA) is 12.0 Å². The molecule has 0 heterocycles. The molecular weight excluding hydrogens is 122 g/mol. The molecule has 0 aliphatic carbocycles. The zero-order chi connectivity index (χ0) is 7.98. The van der Waals surface area contributed by atoms with Gasteiger partial charge in [0.15, 0.2) is 0 Å². The van der Waals surface area contributed by atoms with Gasteiger partial charge in [0.25, 0.3) is 0 Å². The Hall–Kier alpha value is -0.300. The molecule has 0 amide bonds. The first-order valence-corrected chi connectivity index (χ1v) is 4.12. The maximum absolute atomic E-state index is 3.80. The highest BCUT2D eigenvalue weighted by molar-refractivity contribution is 4.85. The Labute approximate surface area is 64.5 Å². The third kappa shape index (κ3) is 3.02. The van der Waals surface area contributed by atoms with E-state index in [2.05, 4.69) is 32.7 Å². The molecule has 0 aromatic rings. The molecule has 0 spiro atoms. The highest BCUT2D eigenvalue weighted by Crippen LogP contribution is 2.08. The molecule has 1 nitrogen and oxygen atoms in total. The van der Waals surface area contributed by atoms with Crippen LogP contribution < -0.4 is 5.32 Å². The van der Waals surface area contributed by atoms with Gasteiger partial charge < -0.3 is 5.32 Å². The lowest BCUT2D eigenvalue weighted by atomic mass is 9.99. The molecule has 0 aromatic heterocycles. The Bertz CT molecular complexity index is 88.7. The highest BCUT2D eigenvalue weighted by atomic mass is 14.9. The lowest BCUT2D eigenvalue weighted by Crippen LogP contribution is -2.31. The first-order valence-electron chi connectivity index (χ1n) is 4.12. The molecular formula is C9H19N. The molecule has 0 saturated carbocycles. The Morgan fingerprint density at radius 2 is 2.10 bits per heavy atom. The van der Waals surface area contributed by atoms with Crippen molar-refractivity contribution in [3.63, 3.8) is 0 Å². The van der Waals surface area contributed by atoms with E-state index in [0.717, 1.165) is 6.54 Å². The molecule has 2 unspecified atom stereocenters. The van der Waals surface area contributed by atoms with Gasteiger partial charge in [-0.25, -0.2) is 0 Å². The van der Waals surface area contributed by atoms with Gasteiger partial charge in [-0.15, -0.1) is 6.58 Å². The van der Waals surface area contributed by atoms with E-state index in [1.165, 1.54) is 6.42 Å². The van der Waals surface area contributed by atoms with Crippen molar-refractivity contribution in [2.24, 2.45) is 5.92 Å². The van der Waals surface area contributed by atoms with Crippen LogP contribution in [-0.2, 0) is 0 Å². The summed E-state index contributed by atoms with van der Waals surface area (Å²) in [6.07, 6.45) is 3.21. The van der Waals surface area contributed by atoms with Gasteiger partial charge in [-0.05, 0) is 25.8 Å². The summed E-state index contributed by atoms with van der Waals surface area (Å²) >= 11 is 0. The molecule has 0 rings (SSSR count). The van der Waals surface area contributed by atoms with Gasteiger partial charge in [-0.3, -0.25) is 0 Å². The average Bonchev–Trinajstić information content (AvgIpc) is 1.91. The van der Waals surface area contributed by atoms with Crippen LogP contribution in [0.2, 0.25) is 0 Å². The van der Waals surface area contributed by atoms with Gasteiger partial charge in [0.1, 0.15) is 0 Å². The third-order valence-electron chi connectivity index (χ3n) is 1.94. The number of rotatable bonds is 5. The second-order valence-electron chi connectivity index (χ2n) is 2.65. The van der Waals surface area contributed by atoms with E-state index < -0.39 is 0 Å². The molecule has 0 aromatic carbocycles. The predicted octanol–water partition coefficient (Wildman–Crippen LogP) is 2.20. The molecule has 0 radical (unpaired) electrons. The van der Waals surface area contributed by atoms with Crippen molar-refractivity contribution in [1.82, 2.24) is 5.32 Å². The first-order chi connectivity index (χ1) is 4.76. The highest BCUT2D eigenvalue weighted by Gasteiger charge is 2.08. The summed E-state index contributed by atoms with van der Waals surface area (Å²) < 4.78 is 0. The molecule has 0 saturated heterocycles. The number of nitrogens with one attached hydrogen (secondary N) is 1. The van der Waals surface area contributed by atoms with Gasteiger partial charge in [-0.1, -0.05) is 19.9 Å². The van der Waals surface area contributed by atoms with Crippen LogP contribution in [-0.4, -0.2) is 12.6 Å². The molecule has 60 valence electrons. The fourth-order valence-electron chi connectivity index (χ4n) is 1.20. The van der Waals surface area contributed by atoms with Crippen molar-refractivity contribution >= 4 is 0 Å². The van der Waals surface area contributed by atoms with Crippen LogP contribution in [0.15, 0.2) is 12.7 Å². The van der Waals surface area contributed by atoms with Crippen LogP contribution in [0.5, 0.6) is 0 Å². The predicted molar refractivity (Wildman–Crippen MR) is 47.1 cm³/mol. The minimum atomic E-state index is 0.576. The zero-order valence-electron chi connectivity index (χ0n) is 7.35. The maximum atomic E-state index is 3.80. The molecule has 0 fully saturated rings. The Morgan fingerprint density at radius 3 is 2.40 bits per heavy atom. The van der Waals surface area contributed by atoms with E-state index in [4.69, 9.17) is 0 Å². The molecule has 1 heteroatoms. The Morgan fingerprint density at radius 1 is 1.50 bits per heavy atom. The SMILES string of the molecule is C=CC(CC)C(C)NCC. The Balaban J connectivity index is 3.63. The molecule has 10 heavy (non-hydrogen) atoms. The van der Waals surface area contributed by atoms with Crippen molar-refractivity contribution in [3.8, 4) is 0 Å². The van der Waals surface area contributed by atoms with Crippen LogP contribution in [0.25, 0.3) is 0 Å². The molecule has 0 bridgehead atoms. The normalized spacial score (nSPS) is 16.3. The molecule has 2 atom stereocenters. The summed E-state index contributed by atoms with van der Waals surface area (Å²) in [7, 11) is 0. The fourth-order valence-corrected chi connectivity index (χ4v) is 1.20. The summed E-state index contributed by atoms with van der Waals surface area (Å²) in [6, 6.07) is 0.576. The summed E-state index contributed by atoms with van der Waals surface area (Å²) in [6.45, 7) is 11.4. The van der Waals surface area contributed by atoms with E-state index in [9.17, 15) is 0 Å². The third-order valence-corrected chi connectivity index (χ3v) is 1.94.